The van der Waals surface area contributed by atoms with Gasteiger partial charge in [-0.15, -0.1) is 0 Å². The van der Waals surface area contributed by atoms with Crippen molar-refractivity contribution in [3.8, 4) is 5.75 Å². The number of nitrogens with zero attached hydrogens (tertiary/aromatic N) is 3. The van der Waals surface area contributed by atoms with Gasteiger partial charge in [0.25, 0.3) is 5.91 Å². The lowest BCUT2D eigenvalue weighted by atomic mass is 9.89. The summed E-state index contributed by atoms with van der Waals surface area (Å²) >= 11 is 0. The summed E-state index contributed by atoms with van der Waals surface area (Å²) in [6, 6.07) is 9.77. The average Bonchev–Trinajstić information content (AvgIpc) is 3.50. The normalized spacial score (nSPS) is 22.9. The Hall–Kier alpha value is -3.39. The number of likely N-dealkylation sites (tertiary alicyclic amines) is 1. The number of phenols is 1. The number of phenolic OH excluding ortho intramolecular Hbond substituents is 1. The lowest BCUT2D eigenvalue weighted by molar-refractivity contribution is -0.128. The Kier molecular flexibility index (Phi) is 4.65. The number of carbonyl (C=O) groups excluding carboxylic acids is 2. The number of hydrogen-bond acceptors (Lipinski definition) is 4. The number of aromatic amines is 1. The van der Waals surface area contributed by atoms with E-state index in [2.05, 4.69) is 9.88 Å². The van der Waals surface area contributed by atoms with Gasteiger partial charge in [0.15, 0.2) is 0 Å². The molecule has 0 bridgehead atoms. The molecule has 6 rings (SSSR count). The Morgan fingerprint density at radius 2 is 1.88 bits per heavy atom. The van der Waals surface area contributed by atoms with Gasteiger partial charge in [0, 0.05) is 36.1 Å². The van der Waals surface area contributed by atoms with Crippen LogP contribution in [0.25, 0.3) is 10.9 Å². The highest BCUT2D eigenvalue weighted by Crippen LogP contribution is 2.44. The number of imide groups is 1. The van der Waals surface area contributed by atoms with E-state index in [0.29, 0.717) is 25.1 Å². The van der Waals surface area contributed by atoms with Gasteiger partial charge in [0.05, 0.1) is 0 Å². The first kappa shape index (κ1) is 20.2. The summed E-state index contributed by atoms with van der Waals surface area (Å²) in [5, 5.41) is 10.9. The van der Waals surface area contributed by atoms with Gasteiger partial charge in [-0.2, -0.15) is 0 Å². The van der Waals surface area contributed by atoms with E-state index in [1.165, 1.54) is 17.0 Å². The van der Waals surface area contributed by atoms with Gasteiger partial charge in [-0.1, -0.05) is 12.1 Å². The monoisotopic (exact) mass is 448 g/mol. The Morgan fingerprint density at radius 1 is 1.06 bits per heavy atom. The van der Waals surface area contributed by atoms with Crippen LogP contribution in [0.4, 0.5) is 9.18 Å². The van der Waals surface area contributed by atoms with Crippen molar-refractivity contribution in [2.45, 2.75) is 31.3 Å². The van der Waals surface area contributed by atoms with Crippen LogP contribution in [0.15, 0.2) is 42.5 Å². The number of urea groups is 1. The molecule has 0 aliphatic carbocycles. The van der Waals surface area contributed by atoms with E-state index in [-0.39, 0.29) is 23.5 Å². The lowest BCUT2D eigenvalue weighted by Gasteiger charge is -2.36. The summed E-state index contributed by atoms with van der Waals surface area (Å²) in [6.07, 6.45) is 2.63. The van der Waals surface area contributed by atoms with Gasteiger partial charge in [-0.3, -0.25) is 14.6 Å². The first-order chi connectivity index (χ1) is 16.0. The van der Waals surface area contributed by atoms with Crippen molar-refractivity contribution in [3.63, 3.8) is 0 Å². The Morgan fingerprint density at radius 3 is 2.67 bits per heavy atom. The number of aromatic hydroxyl groups is 1. The SMILES string of the molecule is O=C1C2Cc3c([nH]c4ccc(F)cc34)C(c3cccc(O)c3)N2C(=O)N1CCN1CCCC1. The second-order valence-corrected chi connectivity index (χ2v) is 9.15. The first-order valence-electron chi connectivity index (χ1n) is 11.5. The van der Waals surface area contributed by atoms with E-state index in [0.717, 1.165) is 48.1 Å². The zero-order chi connectivity index (χ0) is 22.7. The molecule has 2 saturated heterocycles. The smallest absolute Gasteiger partial charge is 0.328 e. The number of amides is 3. The molecule has 7 nitrogen and oxygen atoms in total. The molecule has 2 N–H and O–H groups in total. The average molecular weight is 448 g/mol. The molecule has 0 saturated carbocycles. The number of carbonyl (C=O) groups is 2. The molecule has 170 valence electrons. The third-order valence-corrected chi connectivity index (χ3v) is 7.21. The minimum Gasteiger partial charge on any atom is -0.508 e. The van der Waals surface area contributed by atoms with Gasteiger partial charge >= 0.3 is 6.03 Å². The molecular formula is C25H25FN4O3. The minimum atomic E-state index is -0.654. The lowest BCUT2D eigenvalue weighted by Crippen LogP contribution is -2.44. The molecule has 33 heavy (non-hydrogen) atoms. The quantitative estimate of drug-likeness (QED) is 0.600. The number of hydrogen-bond donors (Lipinski definition) is 2. The van der Waals surface area contributed by atoms with Crippen LogP contribution in [0.5, 0.6) is 5.75 Å². The van der Waals surface area contributed by atoms with Gasteiger partial charge in [-0.25, -0.2) is 9.18 Å². The van der Waals surface area contributed by atoms with Crippen molar-refractivity contribution < 1.29 is 19.1 Å². The van der Waals surface area contributed by atoms with Crippen molar-refractivity contribution in [1.29, 1.82) is 0 Å². The van der Waals surface area contributed by atoms with Crippen molar-refractivity contribution in [1.82, 2.24) is 19.7 Å². The summed E-state index contributed by atoms with van der Waals surface area (Å²) in [5.41, 5.74) is 3.08. The van der Waals surface area contributed by atoms with Gasteiger partial charge < -0.3 is 15.0 Å². The van der Waals surface area contributed by atoms with Crippen LogP contribution in [-0.2, 0) is 11.2 Å². The number of fused-ring (bicyclic) bond motifs is 4. The zero-order valence-corrected chi connectivity index (χ0v) is 18.1. The fourth-order valence-electron chi connectivity index (χ4n) is 5.64. The third kappa shape index (κ3) is 3.20. The predicted octanol–water partition coefficient (Wildman–Crippen LogP) is 3.39. The van der Waals surface area contributed by atoms with E-state index in [1.54, 1.807) is 29.2 Å². The van der Waals surface area contributed by atoms with E-state index in [4.69, 9.17) is 0 Å². The van der Waals surface area contributed by atoms with Crippen LogP contribution in [0.3, 0.4) is 0 Å². The Balaban J connectivity index is 1.44. The second-order valence-electron chi connectivity index (χ2n) is 9.15. The molecule has 0 radical (unpaired) electrons. The molecule has 3 aromatic rings. The maximum absolute atomic E-state index is 14.1. The number of halogens is 1. The molecular weight excluding hydrogens is 423 g/mol. The number of aromatic nitrogens is 1. The molecule has 1 aromatic heterocycles. The number of rotatable bonds is 4. The van der Waals surface area contributed by atoms with Crippen LogP contribution in [0, 0.1) is 5.82 Å². The van der Waals surface area contributed by atoms with Crippen LogP contribution < -0.4 is 0 Å². The topological polar surface area (TPSA) is 79.9 Å². The van der Waals surface area contributed by atoms with Gasteiger partial charge in [0.2, 0.25) is 0 Å². The summed E-state index contributed by atoms with van der Waals surface area (Å²) in [7, 11) is 0. The Labute approximate surface area is 190 Å². The van der Waals surface area contributed by atoms with Crippen molar-refractivity contribution in [3.05, 3.63) is 65.1 Å². The maximum Gasteiger partial charge on any atom is 0.328 e. The fourth-order valence-corrected chi connectivity index (χ4v) is 5.64. The number of benzene rings is 2. The van der Waals surface area contributed by atoms with E-state index in [9.17, 15) is 19.1 Å². The molecule has 2 fully saturated rings. The van der Waals surface area contributed by atoms with Crippen LogP contribution in [0.1, 0.15) is 35.7 Å². The zero-order valence-electron chi connectivity index (χ0n) is 18.1. The largest absolute Gasteiger partial charge is 0.508 e. The highest BCUT2D eigenvalue weighted by Gasteiger charge is 2.52. The third-order valence-electron chi connectivity index (χ3n) is 7.21. The number of H-pyrrole nitrogens is 1. The minimum absolute atomic E-state index is 0.0854. The van der Waals surface area contributed by atoms with Crippen LogP contribution in [-0.4, -0.2) is 68.9 Å². The van der Waals surface area contributed by atoms with Crippen LogP contribution >= 0.6 is 0 Å². The molecule has 2 aromatic carbocycles. The highest BCUT2D eigenvalue weighted by molar-refractivity contribution is 6.05. The van der Waals surface area contributed by atoms with E-state index in [1.807, 2.05) is 6.07 Å². The summed E-state index contributed by atoms with van der Waals surface area (Å²) in [6.45, 7) is 3.03. The molecule has 8 heteroatoms. The van der Waals surface area contributed by atoms with Crippen molar-refractivity contribution in [2.24, 2.45) is 0 Å². The first-order valence-corrected chi connectivity index (χ1v) is 11.5. The predicted molar refractivity (Wildman–Crippen MR) is 120 cm³/mol. The van der Waals surface area contributed by atoms with Crippen LogP contribution in [0.2, 0.25) is 0 Å². The van der Waals surface area contributed by atoms with Crippen molar-refractivity contribution >= 4 is 22.8 Å². The number of nitrogens with one attached hydrogen (secondary N) is 1. The molecule has 3 amide bonds. The molecule has 2 unspecified atom stereocenters. The summed E-state index contributed by atoms with van der Waals surface area (Å²) in [4.78, 5) is 35.7. The second kappa shape index (κ2) is 7.59. The Bertz CT molecular complexity index is 1270. The van der Waals surface area contributed by atoms with Crippen molar-refractivity contribution in [2.75, 3.05) is 26.2 Å². The molecule has 0 spiro atoms. The molecule has 4 heterocycles. The maximum atomic E-state index is 14.1. The summed E-state index contributed by atoms with van der Waals surface area (Å²) < 4.78 is 14.1. The molecule has 2 atom stereocenters. The molecule has 3 aliphatic rings. The fraction of sp³-hybridized carbons (Fsp3) is 0.360. The van der Waals surface area contributed by atoms with E-state index < -0.39 is 12.1 Å². The summed E-state index contributed by atoms with van der Waals surface area (Å²) in [5.74, 6) is -0.468. The van der Waals surface area contributed by atoms with Gasteiger partial charge in [-0.05, 0) is 67.4 Å². The van der Waals surface area contributed by atoms with E-state index >= 15 is 0 Å². The standard InChI is InChI=1S/C25H25FN4O3/c26-16-6-7-20-18(13-16)19-14-21-24(32)29(11-10-28-8-1-2-9-28)25(33)30(21)23(22(19)27-20)15-4-3-5-17(31)12-15/h3-7,12-13,21,23,27,31H,1-2,8-11,14H2. The highest BCUT2D eigenvalue weighted by atomic mass is 19.1. The van der Waals surface area contributed by atoms with Gasteiger partial charge in [0.1, 0.15) is 23.7 Å². The molecule has 3 aliphatic heterocycles.